The fourth-order valence-electron chi connectivity index (χ4n) is 8.08. The molecule has 4 aliphatic heterocycles. The monoisotopic (exact) mass is 693 g/mol. The summed E-state index contributed by atoms with van der Waals surface area (Å²) in [6, 6.07) is 3.30. The molecule has 0 spiro atoms. The van der Waals surface area contributed by atoms with E-state index in [9.17, 15) is 17.6 Å². The number of carbonyl (C=O) groups excluding carboxylic acids is 1. The lowest BCUT2D eigenvalue weighted by Crippen LogP contribution is -2.62. The summed E-state index contributed by atoms with van der Waals surface area (Å²) in [4.78, 5) is 32.3. The molecule has 3 aromatic heterocycles. The number of nitrogens with one attached hydrogen (secondary N) is 1. The van der Waals surface area contributed by atoms with Crippen molar-refractivity contribution >= 4 is 49.9 Å². The number of hydrogen-bond donors (Lipinski definition) is 1. The number of fused-ring (bicyclic) bond motifs is 1. The highest BCUT2D eigenvalue weighted by atomic mass is 32.2. The van der Waals surface area contributed by atoms with Gasteiger partial charge in [0.05, 0.1) is 34.9 Å². The molecule has 0 saturated carbocycles. The molecule has 13 nitrogen and oxygen atoms in total. The third-order valence-electron chi connectivity index (χ3n) is 11.0. The predicted octanol–water partition coefficient (Wildman–Crippen LogP) is 4.15. The second kappa shape index (κ2) is 13.4. The van der Waals surface area contributed by atoms with Crippen molar-refractivity contribution in [2.45, 2.75) is 87.2 Å². The number of halogens is 1. The maximum absolute atomic E-state index is 14.6. The first-order valence-electron chi connectivity index (χ1n) is 17.2. The van der Waals surface area contributed by atoms with Crippen molar-refractivity contribution in [3.05, 3.63) is 42.9 Å². The maximum atomic E-state index is 14.6. The quantitative estimate of drug-likeness (QED) is 0.338. The SMILES string of the molecule is C=CC(=O)N1CCCC1c1nnc(N2CC(C3CCCC(C)S3(=O)=O)C2C)c2cnc(Nc3ccnc(N4CC[C@@H](OC)[C@@H](F)C4)n3)cc12. The second-order valence-corrected chi connectivity index (χ2v) is 16.3. The van der Waals surface area contributed by atoms with E-state index in [1.54, 1.807) is 23.4 Å². The molecule has 7 rings (SSSR count). The van der Waals surface area contributed by atoms with Crippen molar-refractivity contribution in [1.82, 2.24) is 30.0 Å². The smallest absolute Gasteiger partial charge is 0.246 e. The minimum Gasteiger partial charge on any atom is -0.378 e. The number of alkyl halides is 1. The molecule has 0 radical (unpaired) electrons. The van der Waals surface area contributed by atoms with Crippen LogP contribution in [0.1, 0.15) is 64.1 Å². The van der Waals surface area contributed by atoms with Crippen molar-refractivity contribution < 1.29 is 22.3 Å². The van der Waals surface area contributed by atoms with Crippen molar-refractivity contribution in [3.8, 4) is 0 Å². The van der Waals surface area contributed by atoms with Crippen LogP contribution in [0, 0.1) is 5.92 Å². The number of carbonyl (C=O) groups is 1. The Kier molecular flexibility index (Phi) is 9.15. The van der Waals surface area contributed by atoms with Crippen LogP contribution in [0.25, 0.3) is 10.8 Å². The number of nitrogens with zero attached hydrogens (tertiary/aromatic N) is 8. The van der Waals surface area contributed by atoms with Gasteiger partial charge < -0.3 is 24.8 Å². The highest BCUT2D eigenvalue weighted by molar-refractivity contribution is 7.92. The van der Waals surface area contributed by atoms with Crippen molar-refractivity contribution in [2.75, 3.05) is 48.4 Å². The second-order valence-electron chi connectivity index (χ2n) is 13.7. The number of anilines is 4. The van der Waals surface area contributed by atoms with E-state index >= 15 is 0 Å². The summed E-state index contributed by atoms with van der Waals surface area (Å²) in [6.45, 7) is 9.46. The van der Waals surface area contributed by atoms with Crippen LogP contribution in [0.15, 0.2) is 37.2 Å². The molecule has 7 atom stereocenters. The number of amides is 1. The number of sulfone groups is 1. The van der Waals surface area contributed by atoms with E-state index in [1.807, 2.05) is 17.9 Å². The summed E-state index contributed by atoms with van der Waals surface area (Å²) in [5.74, 6) is 1.92. The zero-order valence-electron chi connectivity index (χ0n) is 28.2. The highest BCUT2D eigenvalue weighted by Gasteiger charge is 2.49. The first-order chi connectivity index (χ1) is 23.6. The first kappa shape index (κ1) is 33.5. The van der Waals surface area contributed by atoms with E-state index in [1.165, 1.54) is 13.2 Å². The van der Waals surface area contributed by atoms with Gasteiger partial charge in [0.15, 0.2) is 15.7 Å². The summed E-state index contributed by atoms with van der Waals surface area (Å²) >= 11 is 0. The molecular weight excluding hydrogens is 649 g/mol. The number of likely N-dealkylation sites (tertiary alicyclic amines) is 1. The molecule has 1 N–H and O–H groups in total. The molecule has 5 unspecified atom stereocenters. The van der Waals surface area contributed by atoms with Crippen LogP contribution >= 0.6 is 0 Å². The largest absolute Gasteiger partial charge is 0.378 e. The Labute approximate surface area is 286 Å². The Bertz CT molecular complexity index is 1850. The maximum Gasteiger partial charge on any atom is 0.246 e. The molecule has 0 aromatic carbocycles. The molecule has 15 heteroatoms. The van der Waals surface area contributed by atoms with Gasteiger partial charge in [-0.15, -0.1) is 5.10 Å². The Hall–Kier alpha value is -3.98. The average molecular weight is 694 g/mol. The fourth-order valence-corrected chi connectivity index (χ4v) is 10.5. The third-order valence-corrected chi connectivity index (χ3v) is 13.8. The Morgan fingerprint density at radius 3 is 2.65 bits per heavy atom. The first-order valence-corrected chi connectivity index (χ1v) is 18.8. The van der Waals surface area contributed by atoms with Crippen LogP contribution < -0.4 is 15.1 Å². The highest BCUT2D eigenvalue weighted by Crippen LogP contribution is 2.43. The van der Waals surface area contributed by atoms with Gasteiger partial charge in [-0.25, -0.2) is 22.8 Å². The molecule has 49 heavy (non-hydrogen) atoms. The van der Waals surface area contributed by atoms with Gasteiger partial charge in [0.1, 0.15) is 17.8 Å². The normalized spacial score (nSPS) is 29.9. The molecule has 4 fully saturated rings. The molecule has 1 amide bonds. The zero-order valence-corrected chi connectivity index (χ0v) is 29.0. The van der Waals surface area contributed by atoms with Gasteiger partial charge in [-0.3, -0.25) is 4.79 Å². The Balaban J connectivity index is 1.20. The van der Waals surface area contributed by atoms with Gasteiger partial charge in [-0.1, -0.05) is 13.0 Å². The van der Waals surface area contributed by atoms with Crippen LogP contribution in [0.3, 0.4) is 0 Å². The van der Waals surface area contributed by atoms with E-state index in [0.29, 0.717) is 61.6 Å². The molecule has 3 aromatic rings. The lowest BCUT2D eigenvalue weighted by molar-refractivity contribution is -0.126. The van der Waals surface area contributed by atoms with Crippen molar-refractivity contribution in [2.24, 2.45) is 5.92 Å². The van der Waals surface area contributed by atoms with E-state index in [0.717, 1.165) is 36.5 Å². The van der Waals surface area contributed by atoms with Gasteiger partial charge in [-0.2, -0.15) is 10.1 Å². The minimum absolute atomic E-state index is 0.00800. The number of aromatic nitrogens is 5. The van der Waals surface area contributed by atoms with E-state index in [2.05, 4.69) is 33.7 Å². The van der Waals surface area contributed by atoms with Crippen LogP contribution in [0.5, 0.6) is 0 Å². The Morgan fingerprint density at radius 2 is 1.90 bits per heavy atom. The molecule has 7 heterocycles. The van der Waals surface area contributed by atoms with Crippen LogP contribution in [-0.2, 0) is 19.4 Å². The summed E-state index contributed by atoms with van der Waals surface area (Å²) in [5.41, 5.74) is 0.670. The number of piperidine rings is 1. The number of ether oxygens (including phenoxy) is 1. The molecule has 4 aliphatic rings. The lowest BCUT2D eigenvalue weighted by Gasteiger charge is -2.51. The topological polar surface area (TPSA) is 147 Å². The van der Waals surface area contributed by atoms with Crippen molar-refractivity contribution in [3.63, 3.8) is 0 Å². The van der Waals surface area contributed by atoms with Crippen LogP contribution in [0.4, 0.5) is 27.8 Å². The molecule has 262 valence electrons. The van der Waals surface area contributed by atoms with Crippen molar-refractivity contribution in [1.29, 1.82) is 0 Å². The zero-order chi connectivity index (χ0) is 34.4. The summed E-state index contributed by atoms with van der Waals surface area (Å²) in [5, 5.41) is 13.6. The number of rotatable bonds is 8. The van der Waals surface area contributed by atoms with Gasteiger partial charge in [-0.05, 0) is 64.2 Å². The standard InChI is InChI=1S/C34H44FN9O4S/c1-5-31(45)43-14-7-9-26(43)32-22-16-30(38-29-11-13-36-34(39-29)42-15-12-27(48-4)25(35)19-42)37-17-23(22)33(41-40-32)44-18-24(21(44)3)28-10-6-8-20(2)49(28,46)47/h5,11,13,16-17,20-21,24-28H,1,6-10,12,14-15,18-19H2,2-4H3,(H,36,37,38,39)/t20?,21?,24?,25-,26?,27+,28?/m0/s1. The fraction of sp³-hybridized carbons (Fsp3) is 0.588. The summed E-state index contributed by atoms with van der Waals surface area (Å²) < 4.78 is 46.4. The number of pyridine rings is 1. The minimum atomic E-state index is -3.20. The van der Waals surface area contributed by atoms with E-state index in [-0.39, 0.29) is 41.0 Å². The van der Waals surface area contributed by atoms with Gasteiger partial charge in [0, 0.05) is 61.9 Å². The molecule has 0 aliphatic carbocycles. The molecule has 4 saturated heterocycles. The van der Waals surface area contributed by atoms with Gasteiger partial charge in [0.2, 0.25) is 11.9 Å². The van der Waals surface area contributed by atoms with Crippen LogP contribution in [-0.4, -0.2) is 106 Å². The molecular formula is C34H44FN9O4S. The third kappa shape index (κ3) is 6.08. The van der Waals surface area contributed by atoms with Crippen LogP contribution in [0.2, 0.25) is 0 Å². The average Bonchev–Trinajstić information content (AvgIpc) is 3.59. The van der Waals surface area contributed by atoms with E-state index in [4.69, 9.17) is 19.9 Å². The lowest BCUT2D eigenvalue weighted by atomic mass is 9.84. The van der Waals surface area contributed by atoms with Gasteiger partial charge in [0.25, 0.3) is 0 Å². The van der Waals surface area contributed by atoms with Gasteiger partial charge >= 0.3 is 0 Å². The number of hydrogen-bond acceptors (Lipinski definition) is 12. The summed E-state index contributed by atoms with van der Waals surface area (Å²) in [6.07, 6.45) is 7.56. The van der Waals surface area contributed by atoms with E-state index < -0.39 is 22.1 Å². The molecule has 0 bridgehead atoms. The number of methoxy groups -OCH3 is 1. The predicted molar refractivity (Wildman–Crippen MR) is 185 cm³/mol. The Morgan fingerprint density at radius 1 is 1.06 bits per heavy atom. The summed E-state index contributed by atoms with van der Waals surface area (Å²) in [7, 11) is -1.67.